The molecule has 2 nitrogen and oxygen atoms in total. The van der Waals surface area contributed by atoms with E-state index in [-0.39, 0.29) is 5.41 Å². The summed E-state index contributed by atoms with van der Waals surface area (Å²) in [5.74, 6) is 0.952. The maximum atomic E-state index is 5.64. The van der Waals surface area contributed by atoms with Gasteiger partial charge in [0.2, 0.25) is 0 Å². The topological polar surface area (TPSA) is 21.8 Å². The molecule has 1 aromatic carbocycles. The fraction of sp³-hybridized carbons (Fsp3) is 0.571. The SMILES string of the molecule is CC(C)(C)c1ccc(OCCC2CO2)cc1. The molecule has 0 N–H and O–H groups in total. The van der Waals surface area contributed by atoms with Gasteiger partial charge in [0.05, 0.1) is 19.3 Å². The zero-order valence-corrected chi connectivity index (χ0v) is 10.3. The Morgan fingerprint density at radius 3 is 2.38 bits per heavy atom. The molecule has 1 saturated heterocycles. The molecule has 1 unspecified atom stereocenters. The van der Waals surface area contributed by atoms with Gasteiger partial charge in [-0.3, -0.25) is 0 Å². The third-order valence-electron chi connectivity index (χ3n) is 2.83. The molecule has 2 rings (SSSR count). The van der Waals surface area contributed by atoms with E-state index < -0.39 is 0 Å². The lowest BCUT2D eigenvalue weighted by Crippen LogP contribution is -2.10. The van der Waals surface area contributed by atoms with Crippen molar-refractivity contribution in [2.75, 3.05) is 13.2 Å². The minimum atomic E-state index is 0.209. The summed E-state index contributed by atoms with van der Waals surface area (Å²) in [7, 11) is 0. The predicted molar refractivity (Wildman–Crippen MR) is 65.0 cm³/mol. The van der Waals surface area contributed by atoms with Crippen LogP contribution in [0.3, 0.4) is 0 Å². The van der Waals surface area contributed by atoms with Crippen LogP contribution in [0.4, 0.5) is 0 Å². The second-order valence-electron chi connectivity index (χ2n) is 5.37. The molecule has 16 heavy (non-hydrogen) atoms. The van der Waals surface area contributed by atoms with Gasteiger partial charge in [0.1, 0.15) is 5.75 Å². The molecular formula is C14H20O2. The molecule has 0 aromatic heterocycles. The van der Waals surface area contributed by atoms with Crippen LogP contribution in [0.15, 0.2) is 24.3 Å². The van der Waals surface area contributed by atoms with Gasteiger partial charge in [-0.05, 0) is 23.1 Å². The average Bonchev–Trinajstić information content (AvgIpc) is 3.01. The molecule has 0 aliphatic carbocycles. The standard InChI is InChI=1S/C14H20O2/c1-14(2,3)11-4-6-12(7-5-11)15-9-8-13-10-16-13/h4-7,13H,8-10H2,1-3H3. The lowest BCUT2D eigenvalue weighted by atomic mass is 9.87. The van der Waals surface area contributed by atoms with Crippen LogP contribution in [0.25, 0.3) is 0 Å². The maximum Gasteiger partial charge on any atom is 0.119 e. The molecule has 88 valence electrons. The Hall–Kier alpha value is -1.02. The largest absolute Gasteiger partial charge is 0.493 e. The van der Waals surface area contributed by atoms with Crippen molar-refractivity contribution in [3.8, 4) is 5.75 Å². The third kappa shape index (κ3) is 3.24. The molecule has 0 saturated carbocycles. The summed E-state index contributed by atoms with van der Waals surface area (Å²) in [6.07, 6.45) is 1.45. The fourth-order valence-electron chi connectivity index (χ4n) is 1.59. The first-order valence-electron chi connectivity index (χ1n) is 5.91. The second kappa shape index (κ2) is 4.46. The molecule has 0 bridgehead atoms. The number of rotatable bonds is 4. The summed E-state index contributed by atoms with van der Waals surface area (Å²) in [6, 6.07) is 8.38. The molecule has 0 radical (unpaired) electrons. The molecule has 1 aliphatic rings. The molecule has 1 fully saturated rings. The van der Waals surface area contributed by atoms with Crippen LogP contribution in [0.5, 0.6) is 5.75 Å². The first-order valence-corrected chi connectivity index (χ1v) is 5.91. The van der Waals surface area contributed by atoms with Crippen molar-refractivity contribution in [2.45, 2.75) is 38.7 Å². The van der Waals surface area contributed by atoms with Crippen molar-refractivity contribution in [1.29, 1.82) is 0 Å². The Kier molecular flexibility index (Phi) is 3.20. The fourth-order valence-corrected chi connectivity index (χ4v) is 1.59. The van der Waals surface area contributed by atoms with Crippen LogP contribution in [0.1, 0.15) is 32.8 Å². The zero-order valence-electron chi connectivity index (χ0n) is 10.3. The van der Waals surface area contributed by atoms with Crippen LogP contribution in [-0.2, 0) is 10.2 Å². The molecule has 2 heteroatoms. The first-order chi connectivity index (χ1) is 7.55. The summed E-state index contributed by atoms with van der Waals surface area (Å²) in [4.78, 5) is 0. The molecule has 1 atom stereocenters. The summed E-state index contributed by atoms with van der Waals surface area (Å²) >= 11 is 0. The van der Waals surface area contributed by atoms with E-state index in [1.165, 1.54) is 5.56 Å². The Bertz CT molecular complexity index is 331. The highest BCUT2D eigenvalue weighted by Crippen LogP contribution is 2.24. The normalized spacial score (nSPS) is 19.6. The van der Waals surface area contributed by atoms with Gasteiger partial charge in [-0.15, -0.1) is 0 Å². The highest BCUT2D eigenvalue weighted by molar-refractivity contribution is 5.31. The Balaban J connectivity index is 1.85. The summed E-state index contributed by atoms with van der Waals surface area (Å²) in [6.45, 7) is 8.31. The average molecular weight is 220 g/mol. The van der Waals surface area contributed by atoms with Crippen LogP contribution < -0.4 is 4.74 Å². The monoisotopic (exact) mass is 220 g/mol. The van der Waals surface area contributed by atoms with E-state index >= 15 is 0 Å². The van der Waals surface area contributed by atoms with E-state index in [2.05, 4.69) is 32.9 Å². The van der Waals surface area contributed by atoms with E-state index in [4.69, 9.17) is 9.47 Å². The van der Waals surface area contributed by atoms with Gasteiger partial charge in [0, 0.05) is 6.42 Å². The highest BCUT2D eigenvalue weighted by atomic mass is 16.6. The van der Waals surface area contributed by atoms with E-state index in [1.807, 2.05) is 12.1 Å². The van der Waals surface area contributed by atoms with Gasteiger partial charge in [-0.1, -0.05) is 32.9 Å². The van der Waals surface area contributed by atoms with Gasteiger partial charge in [0.15, 0.2) is 0 Å². The molecular weight excluding hydrogens is 200 g/mol. The summed E-state index contributed by atoms with van der Waals surface area (Å²) < 4.78 is 10.8. The molecule has 1 aromatic rings. The van der Waals surface area contributed by atoms with Crippen molar-refractivity contribution in [3.63, 3.8) is 0 Å². The van der Waals surface area contributed by atoms with Crippen molar-refractivity contribution in [1.82, 2.24) is 0 Å². The maximum absolute atomic E-state index is 5.64. The predicted octanol–water partition coefficient (Wildman–Crippen LogP) is 3.15. The van der Waals surface area contributed by atoms with Gasteiger partial charge in [-0.2, -0.15) is 0 Å². The smallest absolute Gasteiger partial charge is 0.119 e. The Labute approximate surface area is 97.6 Å². The summed E-state index contributed by atoms with van der Waals surface area (Å²) in [5.41, 5.74) is 1.55. The molecule has 0 spiro atoms. The minimum absolute atomic E-state index is 0.209. The summed E-state index contributed by atoms with van der Waals surface area (Å²) in [5, 5.41) is 0. The number of hydrogen-bond acceptors (Lipinski definition) is 2. The van der Waals surface area contributed by atoms with Gasteiger partial charge in [0.25, 0.3) is 0 Å². The van der Waals surface area contributed by atoms with Crippen LogP contribution in [0, 0.1) is 0 Å². The quantitative estimate of drug-likeness (QED) is 0.727. The van der Waals surface area contributed by atoms with Crippen LogP contribution >= 0.6 is 0 Å². The second-order valence-corrected chi connectivity index (χ2v) is 5.37. The van der Waals surface area contributed by atoms with Crippen molar-refractivity contribution < 1.29 is 9.47 Å². The third-order valence-corrected chi connectivity index (χ3v) is 2.83. The van der Waals surface area contributed by atoms with E-state index in [0.717, 1.165) is 25.4 Å². The number of benzene rings is 1. The molecule has 0 amide bonds. The van der Waals surface area contributed by atoms with Gasteiger partial charge >= 0.3 is 0 Å². The number of epoxide rings is 1. The van der Waals surface area contributed by atoms with E-state index in [9.17, 15) is 0 Å². The van der Waals surface area contributed by atoms with Crippen molar-refractivity contribution in [3.05, 3.63) is 29.8 Å². The molecule has 1 aliphatic heterocycles. The zero-order chi connectivity index (χ0) is 11.6. The minimum Gasteiger partial charge on any atom is -0.493 e. The van der Waals surface area contributed by atoms with Crippen molar-refractivity contribution in [2.24, 2.45) is 0 Å². The van der Waals surface area contributed by atoms with Crippen LogP contribution in [-0.4, -0.2) is 19.3 Å². The van der Waals surface area contributed by atoms with Gasteiger partial charge < -0.3 is 9.47 Å². The number of ether oxygens (including phenoxy) is 2. The highest BCUT2D eigenvalue weighted by Gasteiger charge is 2.21. The molecule has 1 heterocycles. The number of hydrogen-bond donors (Lipinski definition) is 0. The van der Waals surface area contributed by atoms with E-state index in [0.29, 0.717) is 6.10 Å². The first kappa shape index (κ1) is 11.5. The Morgan fingerprint density at radius 2 is 1.88 bits per heavy atom. The van der Waals surface area contributed by atoms with Crippen molar-refractivity contribution >= 4 is 0 Å². The van der Waals surface area contributed by atoms with Crippen LogP contribution in [0.2, 0.25) is 0 Å². The lowest BCUT2D eigenvalue weighted by Gasteiger charge is -2.19. The van der Waals surface area contributed by atoms with E-state index in [1.54, 1.807) is 0 Å². The van der Waals surface area contributed by atoms with Gasteiger partial charge in [-0.25, -0.2) is 0 Å². The lowest BCUT2D eigenvalue weighted by molar-refractivity contribution is 0.283. The Morgan fingerprint density at radius 1 is 1.25 bits per heavy atom.